The van der Waals surface area contributed by atoms with E-state index in [9.17, 15) is 0 Å². The van der Waals surface area contributed by atoms with Gasteiger partial charge in [0.2, 0.25) is 5.89 Å². The first-order valence-corrected chi connectivity index (χ1v) is 6.86. The van der Waals surface area contributed by atoms with Gasteiger partial charge in [-0.3, -0.25) is 0 Å². The topological polar surface area (TPSA) is 87.1 Å². The maximum atomic E-state index is 5.73. The summed E-state index contributed by atoms with van der Waals surface area (Å²) in [6, 6.07) is 0. The highest BCUT2D eigenvalue weighted by molar-refractivity contribution is 5.01. The first kappa shape index (κ1) is 13.2. The molecule has 0 aromatic carbocycles. The summed E-state index contributed by atoms with van der Waals surface area (Å²) in [5, 5.41) is 7.79. The SMILES string of the molecule is Cc1nc(Cc2noc([C@H]3OCC[C@H]3C(C)C)n2)no1. The van der Waals surface area contributed by atoms with E-state index in [2.05, 4.69) is 34.1 Å². The van der Waals surface area contributed by atoms with Crippen molar-refractivity contribution >= 4 is 0 Å². The highest BCUT2D eigenvalue weighted by atomic mass is 16.5. The predicted octanol–water partition coefficient (Wildman–Crippen LogP) is 2.09. The van der Waals surface area contributed by atoms with Crippen LogP contribution < -0.4 is 0 Å². The van der Waals surface area contributed by atoms with Crippen LogP contribution in [0.2, 0.25) is 0 Å². The highest BCUT2D eigenvalue weighted by Gasteiger charge is 2.35. The van der Waals surface area contributed by atoms with Gasteiger partial charge in [-0.2, -0.15) is 9.97 Å². The van der Waals surface area contributed by atoms with E-state index >= 15 is 0 Å². The van der Waals surface area contributed by atoms with Crippen molar-refractivity contribution < 1.29 is 13.8 Å². The molecule has 7 nitrogen and oxygen atoms in total. The molecule has 0 bridgehead atoms. The quantitative estimate of drug-likeness (QED) is 0.846. The van der Waals surface area contributed by atoms with Crippen molar-refractivity contribution in [3.63, 3.8) is 0 Å². The first-order valence-electron chi connectivity index (χ1n) is 6.86. The number of nitrogens with zero attached hydrogens (tertiary/aromatic N) is 4. The zero-order valence-corrected chi connectivity index (χ0v) is 11.9. The van der Waals surface area contributed by atoms with Crippen LogP contribution in [0.4, 0.5) is 0 Å². The van der Waals surface area contributed by atoms with E-state index in [1.54, 1.807) is 6.92 Å². The number of aromatic nitrogens is 4. The minimum Gasteiger partial charge on any atom is -0.368 e. The first-order chi connectivity index (χ1) is 9.63. The lowest BCUT2D eigenvalue weighted by Crippen LogP contribution is -2.14. The van der Waals surface area contributed by atoms with Crippen LogP contribution in [0.3, 0.4) is 0 Å². The van der Waals surface area contributed by atoms with E-state index in [0.29, 0.717) is 41.7 Å². The molecule has 0 spiro atoms. The van der Waals surface area contributed by atoms with Crippen molar-refractivity contribution in [2.24, 2.45) is 11.8 Å². The Hall–Kier alpha value is -1.76. The number of hydrogen-bond acceptors (Lipinski definition) is 7. The Kier molecular flexibility index (Phi) is 3.52. The van der Waals surface area contributed by atoms with E-state index in [4.69, 9.17) is 13.8 Å². The molecule has 0 saturated carbocycles. The molecule has 0 amide bonds. The van der Waals surface area contributed by atoms with Crippen molar-refractivity contribution in [1.82, 2.24) is 20.3 Å². The Labute approximate surface area is 116 Å². The monoisotopic (exact) mass is 278 g/mol. The van der Waals surface area contributed by atoms with Crippen molar-refractivity contribution in [3.05, 3.63) is 23.4 Å². The minimum absolute atomic E-state index is 0.0942. The maximum absolute atomic E-state index is 5.73. The van der Waals surface area contributed by atoms with E-state index in [1.165, 1.54) is 0 Å². The van der Waals surface area contributed by atoms with Gasteiger partial charge in [0, 0.05) is 13.5 Å². The van der Waals surface area contributed by atoms with Crippen LogP contribution in [0.15, 0.2) is 9.05 Å². The van der Waals surface area contributed by atoms with E-state index < -0.39 is 0 Å². The molecule has 108 valence electrons. The molecule has 1 fully saturated rings. The van der Waals surface area contributed by atoms with Gasteiger partial charge in [-0.25, -0.2) is 0 Å². The summed E-state index contributed by atoms with van der Waals surface area (Å²) < 4.78 is 16.0. The van der Waals surface area contributed by atoms with Crippen LogP contribution in [-0.4, -0.2) is 26.9 Å². The third-order valence-electron chi connectivity index (χ3n) is 3.61. The van der Waals surface area contributed by atoms with Gasteiger partial charge in [-0.15, -0.1) is 0 Å². The molecule has 20 heavy (non-hydrogen) atoms. The summed E-state index contributed by atoms with van der Waals surface area (Å²) in [5.74, 6) is 3.15. The van der Waals surface area contributed by atoms with E-state index in [1.807, 2.05) is 0 Å². The molecule has 2 aromatic heterocycles. The summed E-state index contributed by atoms with van der Waals surface area (Å²) in [6.07, 6.45) is 1.34. The zero-order chi connectivity index (χ0) is 14.1. The fourth-order valence-electron chi connectivity index (χ4n) is 2.55. The third kappa shape index (κ3) is 2.58. The number of rotatable bonds is 4. The van der Waals surface area contributed by atoms with Crippen LogP contribution >= 0.6 is 0 Å². The lowest BCUT2D eigenvalue weighted by molar-refractivity contribution is 0.0519. The van der Waals surface area contributed by atoms with Gasteiger partial charge >= 0.3 is 0 Å². The van der Waals surface area contributed by atoms with Crippen LogP contribution in [0.5, 0.6) is 0 Å². The molecule has 3 heterocycles. The van der Waals surface area contributed by atoms with E-state index in [-0.39, 0.29) is 6.10 Å². The smallest absolute Gasteiger partial charge is 0.256 e. The van der Waals surface area contributed by atoms with Crippen LogP contribution in [-0.2, 0) is 11.2 Å². The molecule has 7 heteroatoms. The molecule has 1 aliphatic rings. The molecular weight excluding hydrogens is 260 g/mol. The summed E-state index contributed by atoms with van der Waals surface area (Å²) >= 11 is 0. The largest absolute Gasteiger partial charge is 0.368 e. The van der Waals surface area contributed by atoms with Crippen LogP contribution in [0, 0.1) is 18.8 Å². The average molecular weight is 278 g/mol. The highest BCUT2D eigenvalue weighted by Crippen LogP contribution is 2.38. The second-order valence-corrected chi connectivity index (χ2v) is 5.44. The van der Waals surface area contributed by atoms with Gasteiger partial charge in [0.05, 0.1) is 6.42 Å². The normalized spacial score (nSPS) is 22.8. The molecule has 2 aromatic rings. The van der Waals surface area contributed by atoms with Gasteiger partial charge in [0.15, 0.2) is 11.6 Å². The van der Waals surface area contributed by atoms with Crippen LogP contribution in [0.25, 0.3) is 0 Å². The van der Waals surface area contributed by atoms with Crippen molar-refractivity contribution in [1.29, 1.82) is 0 Å². The molecule has 3 rings (SSSR count). The maximum Gasteiger partial charge on any atom is 0.256 e. The number of aryl methyl sites for hydroxylation is 1. The lowest BCUT2D eigenvalue weighted by atomic mass is 9.89. The van der Waals surface area contributed by atoms with Crippen LogP contribution in [0.1, 0.15) is 49.8 Å². The molecule has 2 atom stereocenters. The summed E-state index contributed by atoms with van der Waals surface area (Å²) in [7, 11) is 0. The van der Waals surface area contributed by atoms with Crippen molar-refractivity contribution in [3.8, 4) is 0 Å². The Morgan fingerprint density at radius 3 is 2.60 bits per heavy atom. The lowest BCUT2D eigenvalue weighted by Gasteiger charge is -2.18. The summed E-state index contributed by atoms with van der Waals surface area (Å²) in [6.45, 7) is 6.87. The Morgan fingerprint density at radius 1 is 1.15 bits per heavy atom. The second-order valence-electron chi connectivity index (χ2n) is 5.44. The van der Waals surface area contributed by atoms with Gasteiger partial charge in [-0.05, 0) is 18.3 Å². The van der Waals surface area contributed by atoms with Gasteiger partial charge in [0.25, 0.3) is 5.89 Å². The molecular formula is C13H18N4O3. The van der Waals surface area contributed by atoms with E-state index in [0.717, 1.165) is 13.0 Å². The summed E-state index contributed by atoms with van der Waals surface area (Å²) in [4.78, 5) is 8.53. The van der Waals surface area contributed by atoms with Gasteiger partial charge in [-0.1, -0.05) is 24.2 Å². The molecule has 0 unspecified atom stereocenters. The Bertz CT molecular complexity index is 578. The number of ether oxygens (including phenoxy) is 1. The Balaban J connectivity index is 1.73. The zero-order valence-electron chi connectivity index (χ0n) is 11.9. The summed E-state index contributed by atoms with van der Waals surface area (Å²) in [5.41, 5.74) is 0. The third-order valence-corrected chi connectivity index (χ3v) is 3.61. The average Bonchev–Trinajstić information content (AvgIpc) is 3.09. The van der Waals surface area contributed by atoms with Crippen molar-refractivity contribution in [2.75, 3.05) is 6.61 Å². The van der Waals surface area contributed by atoms with Gasteiger partial charge in [0.1, 0.15) is 6.10 Å². The van der Waals surface area contributed by atoms with Crippen molar-refractivity contribution in [2.45, 2.75) is 39.7 Å². The molecule has 1 saturated heterocycles. The second kappa shape index (κ2) is 5.32. The fourth-order valence-corrected chi connectivity index (χ4v) is 2.55. The van der Waals surface area contributed by atoms with Gasteiger partial charge < -0.3 is 13.8 Å². The molecule has 1 aliphatic heterocycles. The molecule has 0 aliphatic carbocycles. The predicted molar refractivity (Wildman–Crippen MR) is 67.8 cm³/mol. The Morgan fingerprint density at radius 2 is 1.90 bits per heavy atom. The standard InChI is InChI=1S/C13H18N4O3/c1-7(2)9-4-5-18-12(9)13-15-11(17-20-13)6-10-14-8(3)19-16-10/h7,9,12H,4-6H2,1-3H3/t9-,12-/m0/s1. The fraction of sp³-hybridized carbons (Fsp3) is 0.692. The minimum atomic E-state index is -0.0942. The number of hydrogen-bond donors (Lipinski definition) is 0. The molecule has 0 radical (unpaired) electrons. The molecule has 0 N–H and O–H groups in total.